The Hall–Kier alpha value is -1.02. The quantitative estimate of drug-likeness (QED) is 0.849. The molecule has 2 rings (SSSR count). The second-order valence-corrected chi connectivity index (χ2v) is 6.08. The van der Waals surface area contributed by atoms with Crippen molar-refractivity contribution in [2.24, 2.45) is 11.1 Å². The average Bonchev–Trinajstić information content (AvgIpc) is 2.27. The van der Waals surface area contributed by atoms with Gasteiger partial charge in [-0.25, -0.2) is 0 Å². The number of hydrogen-bond acceptors (Lipinski definition) is 2. The maximum absolute atomic E-state index is 6.62. The normalized spacial score (nSPS) is 27.8. The highest BCUT2D eigenvalue weighted by atomic mass is 16.5. The van der Waals surface area contributed by atoms with Crippen LogP contribution in [0.15, 0.2) is 24.3 Å². The van der Waals surface area contributed by atoms with Crippen LogP contribution in [0.25, 0.3) is 0 Å². The van der Waals surface area contributed by atoms with Crippen LogP contribution in [0.2, 0.25) is 0 Å². The van der Waals surface area contributed by atoms with Crippen LogP contribution in [0.1, 0.15) is 45.1 Å². The monoisotopic (exact) mass is 233 g/mol. The summed E-state index contributed by atoms with van der Waals surface area (Å²) in [6, 6.07) is 8.22. The number of nitrogens with two attached hydrogens (primary N) is 1. The number of ether oxygens (including phenoxy) is 1. The molecule has 0 bridgehead atoms. The predicted octanol–water partition coefficient (Wildman–Crippen LogP) is 3.45. The van der Waals surface area contributed by atoms with Crippen molar-refractivity contribution in [2.75, 3.05) is 7.11 Å². The number of rotatable bonds is 2. The minimum atomic E-state index is -0.184. The summed E-state index contributed by atoms with van der Waals surface area (Å²) in [7, 11) is 1.70. The molecule has 1 aromatic rings. The largest absolute Gasteiger partial charge is 0.497 e. The molecule has 0 spiro atoms. The first-order valence-corrected chi connectivity index (χ1v) is 6.39. The van der Waals surface area contributed by atoms with E-state index in [0.717, 1.165) is 18.6 Å². The standard InChI is InChI=1S/C15H23NO/c1-14(2)8-5-9-15(16,11-14)12-6-4-7-13(10-12)17-3/h4,6-7,10H,5,8-9,11,16H2,1-3H3. The highest BCUT2D eigenvalue weighted by molar-refractivity contribution is 5.33. The zero-order valence-electron chi connectivity index (χ0n) is 11.1. The first kappa shape index (κ1) is 12.4. The SMILES string of the molecule is COc1cccc(C2(N)CCCC(C)(C)C2)c1. The summed E-state index contributed by atoms with van der Waals surface area (Å²) < 4.78 is 5.29. The Morgan fingerprint density at radius 3 is 2.65 bits per heavy atom. The second kappa shape index (κ2) is 4.34. The zero-order chi connectivity index (χ0) is 12.5. The Bertz CT molecular complexity index is 400. The van der Waals surface area contributed by atoms with E-state index in [4.69, 9.17) is 10.5 Å². The molecule has 1 aliphatic carbocycles. The van der Waals surface area contributed by atoms with E-state index in [0.29, 0.717) is 5.41 Å². The molecule has 0 saturated heterocycles. The van der Waals surface area contributed by atoms with Gasteiger partial charge in [0.15, 0.2) is 0 Å². The minimum absolute atomic E-state index is 0.184. The molecule has 2 N–H and O–H groups in total. The number of benzene rings is 1. The molecule has 0 radical (unpaired) electrons. The van der Waals surface area contributed by atoms with Crippen molar-refractivity contribution in [1.29, 1.82) is 0 Å². The summed E-state index contributed by atoms with van der Waals surface area (Å²) in [4.78, 5) is 0. The third-order valence-electron chi connectivity index (χ3n) is 3.92. The van der Waals surface area contributed by atoms with E-state index in [1.807, 2.05) is 12.1 Å². The van der Waals surface area contributed by atoms with Crippen LogP contribution >= 0.6 is 0 Å². The van der Waals surface area contributed by atoms with E-state index in [1.165, 1.54) is 18.4 Å². The highest BCUT2D eigenvalue weighted by Crippen LogP contribution is 2.45. The molecule has 0 amide bonds. The lowest BCUT2D eigenvalue weighted by atomic mass is 9.66. The maximum atomic E-state index is 6.62. The Labute approximate surface area is 104 Å². The first-order valence-electron chi connectivity index (χ1n) is 6.39. The van der Waals surface area contributed by atoms with Crippen LogP contribution in [0.5, 0.6) is 5.75 Å². The summed E-state index contributed by atoms with van der Waals surface area (Å²) >= 11 is 0. The molecular formula is C15H23NO. The summed E-state index contributed by atoms with van der Waals surface area (Å²) in [5.41, 5.74) is 8.00. The van der Waals surface area contributed by atoms with Gasteiger partial charge in [0.25, 0.3) is 0 Å². The number of hydrogen-bond donors (Lipinski definition) is 1. The van der Waals surface area contributed by atoms with Crippen LogP contribution in [-0.4, -0.2) is 7.11 Å². The first-order chi connectivity index (χ1) is 7.95. The molecule has 0 aliphatic heterocycles. The van der Waals surface area contributed by atoms with Crippen molar-refractivity contribution >= 4 is 0 Å². The lowest BCUT2D eigenvalue weighted by Gasteiger charge is -2.43. The average molecular weight is 233 g/mol. The molecule has 1 unspecified atom stereocenters. The Kier molecular flexibility index (Phi) is 3.17. The molecule has 1 saturated carbocycles. The molecule has 2 nitrogen and oxygen atoms in total. The number of methoxy groups -OCH3 is 1. The van der Waals surface area contributed by atoms with Crippen LogP contribution in [-0.2, 0) is 5.54 Å². The van der Waals surface area contributed by atoms with Gasteiger partial charge in [0.05, 0.1) is 7.11 Å². The second-order valence-electron chi connectivity index (χ2n) is 6.08. The van der Waals surface area contributed by atoms with Gasteiger partial charge in [0, 0.05) is 5.54 Å². The third kappa shape index (κ3) is 2.63. The Morgan fingerprint density at radius 2 is 2.00 bits per heavy atom. The van der Waals surface area contributed by atoms with Gasteiger partial charge in [-0.05, 0) is 42.4 Å². The van der Waals surface area contributed by atoms with Gasteiger partial charge in [-0.1, -0.05) is 32.4 Å². The van der Waals surface area contributed by atoms with Gasteiger partial charge in [-0.15, -0.1) is 0 Å². The smallest absolute Gasteiger partial charge is 0.119 e. The molecule has 2 heteroatoms. The van der Waals surface area contributed by atoms with Crippen molar-refractivity contribution in [2.45, 2.75) is 45.1 Å². The van der Waals surface area contributed by atoms with Crippen LogP contribution in [0, 0.1) is 5.41 Å². The highest BCUT2D eigenvalue weighted by Gasteiger charge is 2.38. The fourth-order valence-corrected chi connectivity index (χ4v) is 3.09. The van der Waals surface area contributed by atoms with E-state index < -0.39 is 0 Å². The molecule has 1 aliphatic rings. The van der Waals surface area contributed by atoms with Crippen LogP contribution in [0.3, 0.4) is 0 Å². The summed E-state index contributed by atoms with van der Waals surface area (Å²) in [5, 5.41) is 0. The van der Waals surface area contributed by atoms with Crippen molar-refractivity contribution < 1.29 is 4.74 Å². The summed E-state index contributed by atoms with van der Waals surface area (Å²) in [5.74, 6) is 0.899. The van der Waals surface area contributed by atoms with Crippen LogP contribution < -0.4 is 10.5 Å². The molecule has 1 aromatic carbocycles. The maximum Gasteiger partial charge on any atom is 0.119 e. The Balaban J connectivity index is 2.30. The fraction of sp³-hybridized carbons (Fsp3) is 0.600. The molecule has 1 fully saturated rings. The Morgan fingerprint density at radius 1 is 1.24 bits per heavy atom. The minimum Gasteiger partial charge on any atom is -0.497 e. The summed E-state index contributed by atoms with van der Waals surface area (Å²) in [6.45, 7) is 4.63. The molecule has 0 heterocycles. The topological polar surface area (TPSA) is 35.2 Å². The lowest BCUT2D eigenvalue weighted by Crippen LogP contribution is -2.44. The molecular weight excluding hydrogens is 210 g/mol. The molecule has 0 aromatic heterocycles. The van der Waals surface area contributed by atoms with E-state index in [2.05, 4.69) is 26.0 Å². The van der Waals surface area contributed by atoms with Crippen molar-refractivity contribution in [3.8, 4) is 5.75 Å². The summed E-state index contributed by atoms with van der Waals surface area (Å²) in [6.07, 6.45) is 4.60. The van der Waals surface area contributed by atoms with Gasteiger partial charge in [0.2, 0.25) is 0 Å². The van der Waals surface area contributed by atoms with Crippen molar-refractivity contribution in [3.05, 3.63) is 29.8 Å². The third-order valence-corrected chi connectivity index (χ3v) is 3.92. The molecule has 17 heavy (non-hydrogen) atoms. The predicted molar refractivity (Wildman–Crippen MR) is 71.1 cm³/mol. The van der Waals surface area contributed by atoms with E-state index in [9.17, 15) is 0 Å². The van der Waals surface area contributed by atoms with E-state index in [1.54, 1.807) is 7.11 Å². The van der Waals surface area contributed by atoms with Crippen molar-refractivity contribution in [3.63, 3.8) is 0 Å². The zero-order valence-corrected chi connectivity index (χ0v) is 11.1. The molecule has 94 valence electrons. The van der Waals surface area contributed by atoms with E-state index in [-0.39, 0.29) is 5.54 Å². The van der Waals surface area contributed by atoms with E-state index >= 15 is 0 Å². The van der Waals surface area contributed by atoms with Crippen molar-refractivity contribution in [1.82, 2.24) is 0 Å². The lowest BCUT2D eigenvalue weighted by molar-refractivity contribution is 0.151. The van der Waals surface area contributed by atoms with Gasteiger partial charge in [0.1, 0.15) is 5.75 Å². The van der Waals surface area contributed by atoms with Gasteiger partial charge < -0.3 is 10.5 Å². The molecule has 1 atom stereocenters. The van der Waals surface area contributed by atoms with Crippen LogP contribution in [0.4, 0.5) is 0 Å². The van der Waals surface area contributed by atoms with Gasteiger partial charge in [-0.2, -0.15) is 0 Å². The fourth-order valence-electron chi connectivity index (χ4n) is 3.09. The van der Waals surface area contributed by atoms with Gasteiger partial charge in [-0.3, -0.25) is 0 Å². The van der Waals surface area contributed by atoms with Gasteiger partial charge >= 0.3 is 0 Å².